The topological polar surface area (TPSA) is 68.2 Å². The largest absolute Gasteiger partial charge is 0.375 e. The number of rotatable bonds is 3. The molecule has 1 aliphatic heterocycles. The van der Waals surface area contributed by atoms with E-state index >= 15 is 0 Å². The third kappa shape index (κ3) is 2.93. The molecule has 0 saturated heterocycles. The fourth-order valence-electron chi connectivity index (χ4n) is 2.21. The highest BCUT2D eigenvalue weighted by Gasteiger charge is 2.21. The SMILES string of the molecule is Cc1ccc(-c2nc3n(c2/C=N/NC(N)=S)CCS3)cc1. The number of nitrogens with one attached hydrogen (secondary N) is 1. The molecular formula is C14H15N5S2. The van der Waals surface area contributed by atoms with Gasteiger partial charge in [0.1, 0.15) is 0 Å². The first-order valence-electron chi connectivity index (χ1n) is 6.54. The van der Waals surface area contributed by atoms with Gasteiger partial charge in [-0.3, -0.25) is 5.43 Å². The molecule has 1 aromatic heterocycles. The average molecular weight is 317 g/mol. The zero-order valence-electron chi connectivity index (χ0n) is 11.5. The molecule has 0 amide bonds. The fourth-order valence-corrected chi connectivity index (χ4v) is 3.22. The smallest absolute Gasteiger partial charge is 0.184 e. The quantitative estimate of drug-likeness (QED) is 0.516. The normalized spacial score (nSPS) is 13.6. The van der Waals surface area contributed by atoms with Crippen LogP contribution in [0.2, 0.25) is 0 Å². The van der Waals surface area contributed by atoms with Gasteiger partial charge in [0.25, 0.3) is 0 Å². The van der Waals surface area contributed by atoms with Crippen molar-refractivity contribution in [2.75, 3.05) is 5.75 Å². The van der Waals surface area contributed by atoms with Gasteiger partial charge in [-0.1, -0.05) is 41.6 Å². The summed E-state index contributed by atoms with van der Waals surface area (Å²) in [4.78, 5) is 4.73. The molecule has 1 aliphatic rings. The lowest BCUT2D eigenvalue weighted by Crippen LogP contribution is -2.24. The van der Waals surface area contributed by atoms with Crippen molar-refractivity contribution in [1.29, 1.82) is 0 Å². The number of thiocarbonyl (C=S) groups is 1. The van der Waals surface area contributed by atoms with Crippen molar-refractivity contribution < 1.29 is 0 Å². The van der Waals surface area contributed by atoms with Crippen LogP contribution in [-0.2, 0) is 6.54 Å². The molecule has 0 spiro atoms. The molecule has 0 fully saturated rings. The van der Waals surface area contributed by atoms with Gasteiger partial charge in [0.15, 0.2) is 10.3 Å². The van der Waals surface area contributed by atoms with Gasteiger partial charge in [-0.25, -0.2) is 4.98 Å². The highest BCUT2D eigenvalue weighted by atomic mass is 32.2. The minimum absolute atomic E-state index is 0.152. The van der Waals surface area contributed by atoms with Crippen LogP contribution in [0.5, 0.6) is 0 Å². The third-order valence-corrected chi connectivity index (χ3v) is 4.25. The van der Waals surface area contributed by atoms with Crippen molar-refractivity contribution in [3.63, 3.8) is 0 Å². The summed E-state index contributed by atoms with van der Waals surface area (Å²) < 4.78 is 2.17. The number of imidazole rings is 1. The molecule has 7 heteroatoms. The Balaban J connectivity index is 2.02. The van der Waals surface area contributed by atoms with E-state index in [0.717, 1.165) is 34.4 Å². The molecule has 21 heavy (non-hydrogen) atoms. The summed E-state index contributed by atoms with van der Waals surface area (Å²) >= 11 is 6.52. The molecule has 3 rings (SSSR count). The Labute approximate surface area is 132 Å². The molecule has 108 valence electrons. The summed E-state index contributed by atoms with van der Waals surface area (Å²) in [6.45, 7) is 3.01. The molecule has 2 heterocycles. The van der Waals surface area contributed by atoms with Gasteiger partial charge in [0.05, 0.1) is 17.6 Å². The van der Waals surface area contributed by atoms with E-state index in [0.29, 0.717) is 0 Å². The van der Waals surface area contributed by atoms with Crippen molar-refractivity contribution in [2.24, 2.45) is 10.8 Å². The minimum Gasteiger partial charge on any atom is -0.375 e. The van der Waals surface area contributed by atoms with Gasteiger partial charge in [-0.15, -0.1) is 0 Å². The number of benzene rings is 1. The molecule has 2 aromatic rings. The Bertz CT molecular complexity index is 703. The Morgan fingerprint density at radius 2 is 2.24 bits per heavy atom. The monoisotopic (exact) mass is 317 g/mol. The summed E-state index contributed by atoms with van der Waals surface area (Å²) in [5, 5.41) is 5.26. The molecular weight excluding hydrogens is 302 g/mol. The molecule has 0 atom stereocenters. The number of nitrogens with two attached hydrogens (primary N) is 1. The third-order valence-electron chi connectivity index (χ3n) is 3.20. The summed E-state index contributed by atoms with van der Waals surface area (Å²) in [7, 11) is 0. The second kappa shape index (κ2) is 5.87. The Morgan fingerprint density at radius 3 is 2.95 bits per heavy atom. The summed E-state index contributed by atoms with van der Waals surface area (Å²) in [6.07, 6.45) is 1.73. The molecule has 0 unspecified atom stereocenters. The highest BCUT2D eigenvalue weighted by Crippen LogP contribution is 2.32. The fraction of sp³-hybridized carbons (Fsp3) is 0.214. The number of aryl methyl sites for hydroxylation is 1. The van der Waals surface area contributed by atoms with Crippen molar-refractivity contribution in [2.45, 2.75) is 18.6 Å². The van der Waals surface area contributed by atoms with E-state index in [9.17, 15) is 0 Å². The standard InChI is InChI=1S/C14H15N5S2/c1-9-2-4-10(5-3-9)12-11(8-16-18-13(15)20)19-6-7-21-14(19)17-12/h2-5,8H,6-7H2,1H3,(H3,15,18,20)/b16-8+. The Morgan fingerprint density at radius 1 is 1.48 bits per heavy atom. The lowest BCUT2D eigenvalue weighted by Gasteiger charge is -2.03. The van der Waals surface area contributed by atoms with Crippen LogP contribution in [0.25, 0.3) is 11.3 Å². The van der Waals surface area contributed by atoms with Crippen molar-refractivity contribution in [3.05, 3.63) is 35.5 Å². The summed E-state index contributed by atoms with van der Waals surface area (Å²) in [6, 6.07) is 8.33. The molecule has 3 N–H and O–H groups in total. The summed E-state index contributed by atoms with van der Waals surface area (Å²) in [5.74, 6) is 1.04. The van der Waals surface area contributed by atoms with Crippen LogP contribution in [0.3, 0.4) is 0 Å². The second-order valence-corrected chi connectivity index (χ2v) is 6.23. The predicted molar refractivity (Wildman–Crippen MR) is 90.6 cm³/mol. The number of hydrogen-bond acceptors (Lipinski definition) is 4. The molecule has 1 aromatic carbocycles. The zero-order valence-corrected chi connectivity index (χ0v) is 13.2. The predicted octanol–water partition coefficient (Wildman–Crippen LogP) is 2.13. The van der Waals surface area contributed by atoms with E-state index in [-0.39, 0.29) is 5.11 Å². The number of nitrogens with zero attached hydrogens (tertiary/aromatic N) is 3. The maximum Gasteiger partial charge on any atom is 0.184 e. The van der Waals surface area contributed by atoms with Crippen LogP contribution < -0.4 is 11.2 Å². The number of hydrazone groups is 1. The van der Waals surface area contributed by atoms with Gasteiger partial charge in [-0.2, -0.15) is 5.10 Å². The number of hydrogen-bond donors (Lipinski definition) is 2. The van der Waals surface area contributed by atoms with E-state index in [1.807, 2.05) is 0 Å². The maximum absolute atomic E-state index is 5.39. The van der Waals surface area contributed by atoms with Gasteiger partial charge in [0, 0.05) is 17.9 Å². The first-order chi connectivity index (χ1) is 10.1. The van der Waals surface area contributed by atoms with Gasteiger partial charge < -0.3 is 10.3 Å². The molecule has 0 saturated carbocycles. The molecule has 0 radical (unpaired) electrons. The van der Waals surface area contributed by atoms with Crippen LogP contribution in [0.4, 0.5) is 0 Å². The van der Waals surface area contributed by atoms with E-state index in [4.69, 9.17) is 22.9 Å². The van der Waals surface area contributed by atoms with E-state index in [1.54, 1.807) is 18.0 Å². The van der Waals surface area contributed by atoms with Crippen LogP contribution in [0, 0.1) is 6.92 Å². The summed E-state index contributed by atoms with van der Waals surface area (Å²) in [5.41, 5.74) is 12.2. The van der Waals surface area contributed by atoms with Crippen molar-refractivity contribution in [1.82, 2.24) is 15.0 Å². The number of aromatic nitrogens is 2. The second-order valence-electron chi connectivity index (χ2n) is 4.73. The Kier molecular flexibility index (Phi) is 3.94. The molecule has 0 aliphatic carbocycles. The van der Waals surface area contributed by atoms with E-state index in [2.05, 4.69) is 46.3 Å². The zero-order chi connectivity index (χ0) is 14.8. The molecule has 5 nitrogen and oxygen atoms in total. The van der Waals surface area contributed by atoms with Gasteiger partial charge >= 0.3 is 0 Å². The molecule has 0 bridgehead atoms. The van der Waals surface area contributed by atoms with Crippen molar-refractivity contribution in [3.8, 4) is 11.3 Å². The van der Waals surface area contributed by atoms with Crippen LogP contribution >= 0.6 is 24.0 Å². The van der Waals surface area contributed by atoms with Gasteiger partial charge in [-0.05, 0) is 19.1 Å². The van der Waals surface area contributed by atoms with Gasteiger partial charge in [0.2, 0.25) is 0 Å². The number of fused-ring (bicyclic) bond motifs is 1. The van der Waals surface area contributed by atoms with Crippen LogP contribution in [0.1, 0.15) is 11.3 Å². The van der Waals surface area contributed by atoms with Crippen LogP contribution in [0.15, 0.2) is 34.5 Å². The lowest BCUT2D eigenvalue weighted by atomic mass is 10.1. The van der Waals surface area contributed by atoms with Crippen molar-refractivity contribution >= 4 is 35.3 Å². The highest BCUT2D eigenvalue weighted by molar-refractivity contribution is 7.99. The van der Waals surface area contributed by atoms with Crippen LogP contribution in [-0.4, -0.2) is 26.6 Å². The lowest BCUT2D eigenvalue weighted by molar-refractivity contribution is 0.715. The Hall–Kier alpha value is -1.86. The first kappa shape index (κ1) is 14.1. The number of thioether (sulfide) groups is 1. The first-order valence-corrected chi connectivity index (χ1v) is 7.93. The van der Waals surface area contributed by atoms with E-state index in [1.165, 1.54) is 5.56 Å². The average Bonchev–Trinajstić information content (AvgIpc) is 3.01. The van der Waals surface area contributed by atoms with E-state index < -0.39 is 0 Å². The minimum atomic E-state index is 0.152. The maximum atomic E-state index is 5.39.